The van der Waals surface area contributed by atoms with Crippen LogP contribution in [0.2, 0.25) is 0 Å². The molecule has 1 atom stereocenters. The van der Waals surface area contributed by atoms with E-state index in [1.807, 2.05) is 4.90 Å². The quantitative estimate of drug-likeness (QED) is 0.590. The highest BCUT2D eigenvalue weighted by Crippen LogP contribution is 2.27. The van der Waals surface area contributed by atoms with Crippen LogP contribution in [-0.4, -0.2) is 42.9 Å². The first-order valence-electron chi connectivity index (χ1n) is 8.64. The molecule has 2 heterocycles. The minimum atomic E-state index is 0.276. The molecule has 1 amide bonds. The van der Waals surface area contributed by atoms with E-state index in [9.17, 15) is 4.79 Å². The first-order chi connectivity index (χ1) is 11.7. The number of likely N-dealkylation sites (tertiary alicyclic amines) is 1. The number of thiophene rings is 1. The zero-order valence-electron chi connectivity index (χ0n) is 14.1. The Labute approximate surface area is 156 Å². The summed E-state index contributed by atoms with van der Waals surface area (Å²) in [5.41, 5.74) is 0. The van der Waals surface area contributed by atoms with Crippen molar-refractivity contribution in [2.24, 2.45) is 10.9 Å². The Morgan fingerprint density at radius 1 is 1.42 bits per heavy atom. The maximum atomic E-state index is 12.5. The fraction of sp³-hybridized carbons (Fsp3) is 0.647. The van der Waals surface area contributed by atoms with Crippen LogP contribution in [0.4, 0.5) is 0 Å². The summed E-state index contributed by atoms with van der Waals surface area (Å²) in [6.07, 6.45) is 5.56. The van der Waals surface area contributed by atoms with Crippen molar-refractivity contribution in [3.8, 4) is 0 Å². The maximum absolute atomic E-state index is 12.5. The topological polar surface area (TPSA) is 56.7 Å². The van der Waals surface area contributed by atoms with Crippen LogP contribution in [-0.2, 0) is 11.3 Å². The van der Waals surface area contributed by atoms with Gasteiger partial charge < -0.3 is 15.5 Å². The number of carbonyl (C=O) groups is 1. The van der Waals surface area contributed by atoms with Crippen LogP contribution in [0, 0.1) is 5.92 Å². The highest BCUT2D eigenvalue weighted by atomic mass is 79.9. The van der Waals surface area contributed by atoms with Crippen LogP contribution in [0.1, 0.15) is 37.0 Å². The number of guanidine groups is 1. The lowest BCUT2D eigenvalue weighted by atomic mass is 10.1. The average molecular weight is 413 g/mol. The van der Waals surface area contributed by atoms with Gasteiger partial charge in [-0.05, 0) is 41.3 Å². The summed E-state index contributed by atoms with van der Waals surface area (Å²) in [4.78, 5) is 20.1. The summed E-state index contributed by atoms with van der Waals surface area (Å²) in [6.45, 7) is 2.41. The molecule has 2 aliphatic rings. The van der Waals surface area contributed by atoms with Gasteiger partial charge in [0.2, 0.25) is 5.91 Å². The lowest BCUT2D eigenvalue weighted by Crippen LogP contribution is -2.45. The van der Waals surface area contributed by atoms with E-state index >= 15 is 0 Å². The highest BCUT2D eigenvalue weighted by Gasteiger charge is 2.32. The Kier molecular flexibility index (Phi) is 6.16. The van der Waals surface area contributed by atoms with E-state index in [2.05, 4.69) is 43.0 Å². The molecule has 2 N–H and O–H groups in total. The smallest absolute Gasteiger partial charge is 0.225 e. The second-order valence-corrected chi connectivity index (χ2v) is 8.46. The van der Waals surface area contributed by atoms with Gasteiger partial charge in [0.25, 0.3) is 0 Å². The summed E-state index contributed by atoms with van der Waals surface area (Å²) < 4.78 is 1.11. The van der Waals surface area contributed by atoms with Crippen molar-refractivity contribution in [1.82, 2.24) is 15.5 Å². The molecule has 0 radical (unpaired) electrons. The fourth-order valence-electron chi connectivity index (χ4n) is 3.51. The zero-order chi connectivity index (χ0) is 16.9. The van der Waals surface area contributed by atoms with Crippen LogP contribution in [0.5, 0.6) is 0 Å². The van der Waals surface area contributed by atoms with Crippen molar-refractivity contribution < 1.29 is 4.79 Å². The second-order valence-electron chi connectivity index (χ2n) is 6.55. The molecule has 1 saturated heterocycles. The van der Waals surface area contributed by atoms with E-state index in [1.165, 1.54) is 17.7 Å². The first kappa shape index (κ1) is 17.7. The van der Waals surface area contributed by atoms with Crippen LogP contribution in [0.15, 0.2) is 20.9 Å². The lowest BCUT2D eigenvalue weighted by molar-refractivity contribution is -0.134. The van der Waals surface area contributed by atoms with E-state index in [-0.39, 0.29) is 12.0 Å². The van der Waals surface area contributed by atoms with Gasteiger partial charge in [-0.1, -0.05) is 12.8 Å². The number of nitrogens with one attached hydrogen (secondary N) is 2. The van der Waals surface area contributed by atoms with Gasteiger partial charge in [-0.3, -0.25) is 9.79 Å². The molecule has 5 nitrogen and oxygen atoms in total. The van der Waals surface area contributed by atoms with Crippen molar-refractivity contribution in [2.75, 3.05) is 20.1 Å². The van der Waals surface area contributed by atoms with Gasteiger partial charge in [-0.15, -0.1) is 11.3 Å². The normalized spacial score (nSPS) is 22.2. The maximum Gasteiger partial charge on any atom is 0.225 e. The predicted molar refractivity (Wildman–Crippen MR) is 102 cm³/mol. The summed E-state index contributed by atoms with van der Waals surface area (Å²) in [7, 11) is 1.79. The minimum Gasteiger partial charge on any atom is -0.352 e. The molecular formula is C17H25BrN4OS. The van der Waals surface area contributed by atoms with E-state index in [0.717, 1.165) is 49.3 Å². The summed E-state index contributed by atoms with van der Waals surface area (Å²) in [5.74, 6) is 1.45. The molecule has 1 saturated carbocycles. The molecule has 1 aliphatic heterocycles. The second kappa shape index (κ2) is 8.34. The third-order valence-electron chi connectivity index (χ3n) is 4.82. The number of hydrogen-bond donors (Lipinski definition) is 2. The standard InChI is InChI=1S/C17H25BrN4OS/c1-19-17(20-9-15-8-13(18)11-24-15)21-14-6-7-22(10-14)16(23)12-4-2-3-5-12/h8,11-12,14H,2-7,9-10H2,1H3,(H2,19,20,21). The van der Waals surface area contributed by atoms with Gasteiger partial charge in [0.05, 0.1) is 6.54 Å². The summed E-state index contributed by atoms with van der Waals surface area (Å²) in [6, 6.07) is 2.40. The van der Waals surface area contributed by atoms with E-state index in [0.29, 0.717) is 5.91 Å². The number of aliphatic imine (C=N–C) groups is 1. The molecular weight excluding hydrogens is 388 g/mol. The van der Waals surface area contributed by atoms with Crippen LogP contribution in [0.3, 0.4) is 0 Å². The van der Waals surface area contributed by atoms with Gasteiger partial charge in [-0.2, -0.15) is 0 Å². The molecule has 7 heteroatoms. The lowest BCUT2D eigenvalue weighted by Gasteiger charge is -2.21. The number of halogens is 1. The molecule has 1 aliphatic carbocycles. The van der Waals surface area contributed by atoms with Crippen LogP contribution < -0.4 is 10.6 Å². The van der Waals surface area contributed by atoms with Crippen molar-refractivity contribution in [1.29, 1.82) is 0 Å². The molecule has 24 heavy (non-hydrogen) atoms. The van der Waals surface area contributed by atoms with Gasteiger partial charge in [0, 0.05) is 46.8 Å². The number of hydrogen-bond acceptors (Lipinski definition) is 3. The number of amides is 1. The Morgan fingerprint density at radius 3 is 2.88 bits per heavy atom. The minimum absolute atomic E-state index is 0.276. The first-order valence-corrected chi connectivity index (χ1v) is 10.3. The largest absolute Gasteiger partial charge is 0.352 e. The van der Waals surface area contributed by atoms with Crippen molar-refractivity contribution in [2.45, 2.75) is 44.7 Å². The van der Waals surface area contributed by atoms with Gasteiger partial charge >= 0.3 is 0 Å². The third-order valence-corrected chi connectivity index (χ3v) is 6.52. The molecule has 3 rings (SSSR count). The average Bonchev–Trinajstić information content (AvgIpc) is 3.32. The summed E-state index contributed by atoms with van der Waals surface area (Å²) in [5, 5.41) is 8.89. The molecule has 132 valence electrons. The summed E-state index contributed by atoms with van der Waals surface area (Å²) >= 11 is 5.19. The van der Waals surface area contributed by atoms with Crippen molar-refractivity contribution in [3.05, 3.63) is 20.8 Å². The number of nitrogens with zero attached hydrogens (tertiary/aromatic N) is 2. The monoisotopic (exact) mass is 412 g/mol. The molecule has 1 aromatic heterocycles. The Morgan fingerprint density at radius 2 is 2.21 bits per heavy atom. The molecule has 2 fully saturated rings. The van der Waals surface area contributed by atoms with Crippen LogP contribution >= 0.6 is 27.3 Å². The molecule has 1 aromatic rings. The van der Waals surface area contributed by atoms with Crippen molar-refractivity contribution in [3.63, 3.8) is 0 Å². The van der Waals surface area contributed by atoms with Gasteiger partial charge in [0.15, 0.2) is 5.96 Å². The number of carbonyl (C=O) groups excluding carboxylic acids is 1. The van der Waals surface area contributed by atoms with E-state index in [1.54, 1.807) is 18.4 Å². The van der Waals surface area contributed by atoms with E-state index < -0.39 is 0 Å². The van der Waals surface area contributed by atoms with Gasteiger partial charge in [0.1, 0.15) is 0 Å². The highest BCUT2D eigenvalue weighted by molar-refractivity contribution is 9.10. The molecule has 0 aromatic carbocycles. The van der Waals surface area contributed by atoms with Gasteiger partial charge in [-0.25, -0.2) is 0 Å². The number of rotatable bonds is 4. The van der Waals surface area contributed by atoms with E-state index in [4.69, 9.17) is 0 Å². The zero-order valence-corrected chi connectivity index (χ0v) is 16.5. The SMILES string of the molecule is CN=C(NCc1cc(Br)cs1)NC1CCN(C(=O)C2CCCC2)C1. The molecule has 0 spiro atoms. The Hall–Kier alpha value is -1.08. The Bertz CT molecular complexity index is 597. The van der Waals surface area contributed by atoms with Crippen LogP contribution in [0.25, 0.3) is 0 Å². The predicted octanol–water partition coefficient (Wildman–Crippen LogP) is 2.97. The fourth-order valence-corrected chi connectivity index (χ4v) is 4.91. The molecule has 1 unspecified atom stereocenters. The Balaban J connectivity index is 1.45. The third kappa shape index (κ3) is 4.51. The molecule has 0 bridgehead atoms. The van der Waals surface area contributed by atoms with Crippen molar-refractivity contribution >= 4 is 39.1 Å².